The molecule has 1 unspecified atom stereocenters. The van der Waals surface area contributed by atoms with Gasteiger partial charge in [0.05, 0.1) is 22.0 Å². The Bertz CT molecular complexity index is 1000. The van der Waals surface area contributed by atoms with Crippen molar-refractivity contribution in [3.63, 3.8) is 0 Å². The molecular formula is C18H14N2O3S2. The Labute approximate surface area is 151 Å². The highest BCUT2D eigenvalue weighted by atomic mass is 32.1. The normalized spacial score (nSPS) is 12.4. The fourth-order valence-electron chi connectivity index (χ4n) is 2.49. The Morgan fingerprint density at radius 2 is 2.20 bits per heavy atom. The highest BCUT2D eigenvalue weighted by Crippen LogP contribution is 2.29. The molecular weight excluding hydrogens is 356 g/mol. The molecule has 0 radical (unpaired) electrons. The molecule has 0 spiro atoms. The van der Waals surface area contributed by atoms with Crippen LogP contribution in [0, 0.1) is 0 Å². The summed E-state index contributed by atoms with van der Waals surface area (Å²) in [6.45, 7) is 0.150. The van der Waals surface area contributed by atoms with Crippen molar-refractivity contribution in [2.45, 2.75) is 6.10 Å². The Hall–Kier alpha value is -2.48. The Morgan fingerprint density at radius 1 is 1.28 bits per heavy atom. The number of benzene rings is 1. The molecule has 0 fully saturated rings. The Kier molecular flexibility index (Phi) is 4.35. The highest BCUT2D eigenvalue weighted by Gasteiger charge is 2.15. The Balaban J connectivity index is 1.41. The molecule has 25 heavy (non-hydrogen) atoms. The first-order valence-corrected chi connectivity index (χ1v) is 9.38. The van der Waals surface area contributed by atoms with E-state index in [-0.39, 0.29) is 12.5 Å². The topological polar surface area (TPSA) is 75.4 Å². The molecule has 0 aliphatic rings. The molecule has 0 aliphatic carbocycles. The van der Waals surface area contributed by atoms with Crippen molar-refractivity contribution in [1.82, 2.24) is 10.3 Å². The van der Waals surface area contributed by atoms with Crippen LogP contribution in [-0.2, 0) is 0 Å². The number of carbonyl (C=O) groups excluding carboxylic acids is 1. The van der Waals surface area contributed by atoms with Gasteiger partial charge in [-0.05, 0) is 36.4 Å². The average Bonchev–Trinajstić information content (AvgIpc) is 3.38. The maximum Gasteiger partial charge on any atom is 0.251 e. The van der Waals surface area contributed by atoms with E-state index in [4.69, 9.17) is 4.42 Å². The van der Waals surface area contributed by atoms with E-state index in [1.54, 1.807) is 17.8 Å². The first-order chi connectivity index (χ1) is 12.2. The van der Waals surface area contributed by atoms with Gasteiger partial charge in [0.1, 0.15) is 11.9 Å². The summed E-state index contributed by atoms with van der Waals surface area (Å²) < 4.78 is 6.32. The third kappa shape index (κ3) is 3.34. The number of hydrogen-bond donors (Lipinski definition) is 2. The molecule has 0 bridgehead atoms. The number of aromatic nitrogens is 1. The SMILES string of the molecule is O=C(NCC(O)c1cc(-c2ccco2)cs1)c1ccc2ncsc2c1. The third-order valence-electron chi connectivity index (χ3n) is 3.80. The lowest BCUT2D eigenvalue weighted by Gasteiger charge is -2.10. The second-order valence-electron chi connectivity index (χ2n) is 5.48. The fraction of sp³-hybridized carbons (Fsp3) is 0.111. The van der Waals surface area contributed by atoms with Crippen LogP contribution in [0.5, 0.6) is 0 Å². The van der Waals surface area contributed by atoms with E-state index in [1.807, 2.05) is 35.7 Å². The number of fused-ring (bicyclic) bond motifs is 1. The van der Waals surface area contributed by atoms with Crippen LogP contribution in [0.2, 0.25) is 0 Å². The van der Waals surface area contributed by atoms with E-state index in [1.165, 1.54) is 22.7 Å². The van der Waals surface area contributed by atoms with Crippen molar-refractivity contribution < 1.29 is 14.3 Å². The average molecular weight is 370 g/mol. The highest BCUT2D eigenvalue weighted by molar-refractivity contribution is 7.16. The lowest BCUT2D eigenvalue weighted by atomic mass is 10.2. The molecule has 1 amide bonds. The second-order valence-corrected chi connectivity index (χ2v) is 7.30. The summed E-state index contributed by atoms with van der Waals surface area (Å²) >= 11 is 2.93. The van der Waals surface area contributed by atoms with Crippen LogP contribution < -0.4 is 5.32 Å². The maximum absolute atomic E-state index is 12.3. The Morgan fingerprint density at radius 3 is 3.04 bits per heavy atom. The van der Waals surface area contributed by atoms with Crippen molar-refractivity contribution >= 4 is 38.8 Å². The van der Waals surface area contributed by atoms with Crippen molar-refractivity contribution in [2.75, 3.05) is 6.54 Å². The molecule has 0 saturated carbocycles. The summed E-state index contributed by atoms with van der Waals surface area (Å²) in [6, 6.07) is 11.0. The number of rotatable bonds is 5. The zero-order valence-electron chi connectivity index (χ0n) is 13.0. The summed E-state index contributed by atoms with van der Waals surface area (Å²) in [4.78, 5) is 17.3. The molecule has 2 N–H and O–H groups in total. The predicted molar refractivity (Wildman–Crippen MR) is 98.9 cm³/mol. The van der Waals surface area contributed by atoms with Crippen molar-refractivity contribution in [3.05, 3.63) is 64.0 Å². The number of thiophene rings is 1. The van der Waals surface area contributed by atoms with Crippen LogP contribution in [0.1, 0.15) is 21.3 Å². The van der Waals surface area contributed by atoms with Gasteiger partial charge in [-0.15, -0.1) is 22.7 Å². The van der Waals surface area contributed by atoms with Gasteiger partial charge in [0.2, 0.25) is 0 Å². The van der Waals surface area contributed by atoms with E-state index >= 15 is 0 Å². The number of furan rings is 1. The molecule has 4 rings (SSSR count). The van der Waals surface area contributed by atoms with Crippen LogP contribution in [0.25, 0.3) is 21.5 Å². The minimum Gasteiger partial charge on any atom is -0.464 e. The quantitative estimate of drug-likeness (QED) is 0.555. The monoisotopic (exact) mass is 370 g/mol. The minimum absolute atomic E-state index is 0.150. The van der Waals surface area contributed by atoms with Gasteiger partial charge in [-0.2, -0.15) is 0 Å². The standard InChI is InChI=1S/C18H14N2O3S2/c21-14(17-7-12(9-24-17)15-2-1-5-23-15)8-19-18(22)11-3-4-13-16(6-11)25-10-20-13/h1-7,9-10,14,21H,8H2,(H,19,22). The lowest BCUT2D eigenvalue weighted by Crippen LogP contribution is -2.28. The van der Waals surface area contributed by atoms with Crippen molar-refractivity contribution in [1.29, 1.82) is 0 Å². The van der Waals surface area contributed by atoms with E-state index < -0.39 is 6.10 Å². The third-order valence-corrected chi connectivity index (χ3v) is 5.63. The molecule has 4 aromatic rings. The zero-order valence-corrected chi connectivity index (χ0v) is 14.6. The second kappa shape index (κ2) is 6.79. The number of amides is 1. The van der Waals surface area contributed by atoms with E-state index in [0.29, 0.717) is 5.56 Å². The van der Waals surface area contributed by atoms with Crippen molar-refractivity contribution in [2.24, 2.45) is 0 Å². The number of aliphatic hydroxyl groups is 1. The summed E-state index contributed by atoms with van der Waals surface area (Å²) in [5, 5.41) is 15.0. The molecule has 1 atom stereocenters. The van der Waals surface area contributed by atoms with Gasteiger partial charge in [-0.25, -0.2) is 4.98 Å². The number of thiazole rings is 1. The van der Waals surface area contributed by atoms with Crippen LogP contribution >= 0.6 is 22.7 Å². The van der Waals surface area contributed by atoms with Crippen LogP contribution in [0.3, 0.4) is 0 Å². The number of carbonyl (C=O) groups is 1. The van der Waals surface area contributed by atoms with Gasteiger partial charge in [-0.3, -0.25) is 4.79 Å². The summed E-state index contributed by atoms with van der Waals surface area (Å²) in [5.74, 6) is 0.550. The molecule has 3 heterocycles. The van der Waals surface area contributed by atoms with E-state index in [2.05, 4.69) is 10.3 Å². The van der Waals surface area contributed by atoms with Gasteiger partial charge in [0, 0.05) is 27.9 Å². The number of aliphatic hydroxyl groups excluding tert-OH is 1. The number of nitrogens with zero attached hydrogens (tertiary/aromatic N) is 1. The van der Waals surface area contributed by atoms with Gasteiger partial charge in [0.15, 0.2) is 0 Å². The summed E-state index contributed by atoms with van der Waals surface area (Å²) in [5.41, 5.74) is 4.12. The molecule has 7 heteroatoms. The molecule has 3 aromatic heterocycles. The van der Waals surface area contributed by atoms with Gasteiger partial charge in [0.25, 0.3) is 5.91 Å². The molecule has 1 aromatic carbocycles. The summed E-state index contributed by atoms with van der Waals surface area (Å²) in [6.07, 6.45) is 0.855. The predicted octanol–water partition coefficient (Wildman–Crippen LogP) is 4.08. The van der Waals surface area contributed by atoms with Crippen LogP contribution in [-0.4, -0.2) is 22.5 Å². The smallest absolute Gasteiger partial charge is 0.251 e. The fourth-order valence-corrected chi connectivity index (χ4v) is 4.09. The first-order valence-electron chi connectivity index (χ1n) is 7.62. The molecule has 0 saturated heterocycles. The molecule has 0 aliphatic heterocycles. The van der Waals surface area contributed by atoms with Gasteiger partial charge < -0.3 is 14.8 Å². The maximum atomic E-state index is 12.3. The minimum atomic E-state index is -0.759. The summed E-state index contributed by atoms with van der Waals surface area (Å²) in [7, 11) is 0. The number of nitrogens with one attached hydrogen (secondary N) is 1. The zero-order chi connectivity index (χ0) is 17.2. The molecule has 5 nitrogen and oxygen atoms in total. The first kappa shape index (κ1) is 16.0. The van der Waals surface area contributed by atoms with E-state index in [9.17, 15) is 9.90 Å². The lowest BCUT2D eigenvalue weighted by molar-refractivity contribution is 0.0918. The van der Waals surface area contributed by atoms with Crippen LogP contribution in [0.4, 0.5) is 0 Å². The largest absolute Gasteiger partial charge is 0.464 e. The van der Waals surface area contributed by atoms with Crippen LogP contribution in [0.15, 0.2) is 58.0 Å². The van der Waals surface area contributed by atoms with Gasteiger partial charge >= 0.3 is 0 Å². The number of hydrogen-bond acceptors (Lipinski definition) is 6. The van der Waals surface area contributed by atoms with E-state index in [0.717, 1.165) is 26.4 Å². The van der Waals surface area contributed by atoms with Gasteiger partial charge in [-0.1, -0.05) is 0 Å². The van der Waals surface area contributed by atoms with Crippen molar-refractivity contribution in [3.8, 4) is 11.3 Å². The molecule has 126 valence electrons.